The Bertz CT molecular complexity index is 2790. The number of benzene rings is 9. The molecule has 242 valence electrons. The van der Waals surface area contributed by atoms with Gasteiger partial charge in [-0.2, -0.15) is 0 Å². The first-order valence-corrected chi connectivity index (χ1v) is 18.1. The summed E-state index contributed by atoms with van der Waals surface area (Å²) in [6.45, 7) is 0. The lowest BCUT2D eigenvalue weighted by molar-refractivity contribution is 0.795. The van der Waals surface area contributed by atoms with Gasteiger partial charge in [0.05, 0.1) is 11.1 Å². The fourth-order valence-corrected chi connectivity index (χ4v) is 9.36. The van der Waals surface area contributed by atoms with E-state index in [0.717, 1.165) is 11.4 Å². The molecule has 2 aliphatic carbocycles. The van der Waals surface area contributed by atoms with Crippen LogP contribution in [-0.4, -0.2) is 0 Å². The molecule has 0 bridgehead atoms. The summed E-state index contributed by atoms with van der Waals surface area (Å²) in [5, 5.41) is 5.07. The standard InChI is InChI=1S/C51H33N/c1-3-15-34(16-4-1)35-27-30-38(31-28-35)52(37-18-5-2-6-19-37)48-33-47-50(43-24-10-9-23-42(43)48)49-39-20-8-7-17-36(39)29-32-46(49)51(47)44-25-13-11-21-40(44)41-22-12-14-26-45(41)51/h1-33H. The molecule has 11 rings (SSSR count). The van der Waals surface area contributed by atoms with E-state index in [9.17, 15) is 0 Å². The van der Waals surface area contributed by atoms with Gasteiger partial charge in [0.1, 0.15) is 0 Å². The van der Waals surface area contributed by atoms with Crippen molar-refractivity contribution in [1.29, 1.82) is 0 Å². The highest BCUT2D eigenvalue weighted by Gasteiger charge is 2.52. The molecule has 0 fully saturated rings. The fourth-order valence-electron chi connectivity index (χ4n) is 9.36. The van der Waals surface area contributed by atoms with Crippen LogP contribution in [0.1, 0.15) is 22.3 Å². The Balaban J connectivity index is 1.27. The quantitative estimate of drug-likeness (QED) is 0.182. The summed E-state index contributed by atoms with van der Waals surface area (Å²) in [5.74, 6) is 0. The van der Waals surface area contributed by atoms with E-state index in [1.165, 1.54) is 82.9 Å². The highest BCUT2D eigenvalue weighted by Crippen LogP contribution is 2.65. The molecule has 0 N–H and O–H groups in total. The smallest absolute Gasteiger partial charge is 0.0726 e. The minimum Gasteiger partial charge on any atom is -0.310 e. The van der Waals surface area contributed by atoms with Crippen LogP contribution in [0.3, 0.4) is 0 Å². The Morgan fingerprint density at radius 3 is 1.56 bits per heavy atom. The Morgan fingerprint density at radius 1 is 0.327 bits per heavy atom. The molecule has 1 heteroatoms. The van der Waals surface area contributed by atoms with Crippen molar-refractivity contribution in [2.75, 3.05) is 4.90 Å². The van der Waals surface area contributed by atoms with Gasteiger partial charge in [-0.05, 0) is 102 Å². The molecule has 0 aromatic heterocycles. The first-order valence-electron chi connectivity index (χ1n) is 18.1. The lowest BCUT2D eigenvalue weighted by Crippen LogP contribution is -2.26. The normalized spacial score (nSPS) is 13.2. The van der Waals surface area contributed by atoms with Crippen molar-refractivity contribution in [3.05, 3.63) is 222 Å². The molecule has 0 aliphatic heterocycles. The minimum atomic E-state index is -0.472. The molecule has 9 aromatic rings. The Labute approximate surface area is 303 Å². The van der Waals surface area contributed by atoms with Crippen LogP contribution >= 0.6 is 0 Å². The zero-order valence-electron chi connectivity index (χ0n) is 28.5. The second kappa shape index (κ2) is 11.2. The summed E-state index contributed by atoms with van der Waals surface area (Å²) < 4.78 is 0. The van der Waals surface area contributed by atoms with Crippen LogP contribution in [-0.2, 0) is 5.41 Å². The third-order valence-corrected chi connectivity index (χ3v) is 11.5. The molecule has 0 radical (unpaired) electrons. The van der Waals surface area contributed by atoms with Gasteiger partial charge in [0.2, 0.25) is 0 Å². The summed E-state index contributed by atoms with van der Waals surface area (Å²) in [6, 6.07) is 74.0. The van der Waals surface area contributed by atoms with Crippen LogP contribution in [0.15, 0.2) is 200 Å². The lowest BCUT2D eigenvalue weighted by Gasteiger charge is -2.33. The molecular formula is C51H33N. The summed E-state index contributed by atoms with van der Waals surface area (Å²) in [7, 11) is 0. The topological polar surface area (TPSA) is 3.24 Å². The summed E-state index contributed by atoms with van der Waals surface area (Å²) in [6.07, 6.45) is 0. The molecule has 0 saturated carbocycles. The van der Waals surface area contributed by atoms with Gasteiger partial charge >= 0.3 is 0 Å². The van der Waals surface area contributed by atoms with Gasteiger partial charge in [-0.15, -0.1) is 0 Å². The van der Waals surface area contributed by atoms with E-state index in [-0.39, 0.29) is 0 Å². The van der Waals surface area contributed by atoms with Crippen LogP contribution in [0, 0.1) is 0 Å². The highest BCUT2D eigenvalue weighted by atomic mass is 15.1. The number of anilines is 3. The third kappa shape index (κ3) is 3.94. The van der Waals surface area contributed by atoms with E-state index in [1.54, 1.807) is 0 Å². The second-order valence-corrected chi connectivity index (χ2v) is 14.0. The van der Waals surface area contributed by atoms with Gasteiger partial charge in [-0.25, -0.2) is 0 Å². The number of fused-ring (bicyclic) bond motifs is 14. The van der Waals surface area contributed by atoms with E-state index < -0.39 is 5.41 Å². The van der Waals surface area contributed by atoms with Gasteiger partial charge in [0, 0.05) is 16.8 Å². The fraction of sp³-hybridized carbons (Fsp3) is 0.0196. The minimum absolute atomic E-state index is 0.472. The molecule has 2 aliphatic rings. The summed E-state index contributed by atoms with van der Waals surface area (Å²) in [5.41, 5.74) is 16.1. The molecule has 0 saturated heterocycles. The van der Waals surface area contributed by atoms with Gasteiger partial charge < -0.3 is 4.90 Å². The molecule has 0 unspecified atom stereocenters. The van der Waals surface area contributed by atoms with Gasteiger partial charge in [-0.3, -0.25) is 0 Å². The van der Waals surface area contributed by atoms with Crippen LogP contribution in [0.2, 0.25) is 0 Å². The number of para-hydroxylation sites is 1. The van der Waals surface area contributed by atoms with Crippen LogP contribution < -0.4 is 4.90 Å². The monoisotopic (exact) mass is 659 g/mol. The summed E-state index contributed by atoms with van der Waals surface area (Å²) in [4.78, 5) is 2.46. The number of nitrogens with zero attached hydrogens (tertiary/aromatic N) is 1. The second-order valence-electron chi connectivity index (χ2n) is 14.0. The average molecular weight is 660 g/mol. The molecule has 1 spiro atoms. The van der Waals surface area contributed by atoms with E-state index in [2.05, 4.69) is 205 Å². The van der Waals surface area contributed by atoms with Gasteiger partial charge in [-0.1, -0.05) is 170 Å². The maximum Gasteiger partial charge on any atom is 0.0726 e. The van der Waals surface area contributed by atoms with E-state index in [4.69, 9.17) is 0 Å². The first-order chi connectivity index (χ1) is 25.8. The zero-order chi connectivity index (χ0) is 34.2. The number of hydrogen-bond acceptors (Lipinski definition) is 1. The van der Waals surface area contributed by atoms with E-state index in [0.29, 0.717) is 0 Å². The average Bonchev–Trinajstić information content (AvgIpc) is 3.70. The SMILES string of the molecule is c1ccc(-c2ccc(N(c3ccccc3)c3cc4c(c5ccccc35)-c3c(ccc5ccccc35)C43c4ccccc4-c4ccccc43)cc2)cc1. The molecule has 9 aromatic carbocycles. The molecule has 0 heterocycles. The highest BCUT2D eigenvalue weighted by molar-refractivity contribution is 6.16. The first kappa shape index (κ1) is 29.1. The third-order valence-electron chi connectivity index (χ3n) is 11.5. The van der Waals surface area contributed by atoms with Crippen LogP contribution in [0.5, 0.6) is 0 Å². The number of rotatable bonds is 4. The Morgan fingerprint density at radius 2 is 0.846 bits per heavy atom. The zero-order valence-corrected chi connectivity index (χ0v) is 28.5. The molecule has 0 atom stereocenters. The predicted molar refractivity (Wildman–Crippen MR) is 218 cm³/mol. The van der Waals surface area contributed by atoms with E-state index in [1.807, 2.05) is 0 Å². The number of hydrogen-bond donors (Lipinski definition) is 0. The van der Waals surface area contributed by atoms with Crippen molar-refractivity contribution in [2.45, 2.75) is 5.41 Å². The molecule has 1 nitrogen and oxygen atoms in total. The van der Waals surface area contributed by atoms with Crippen molar-refractivity contribution in [3.63, 3.8) is 0 Å². The molecule has 52 heavy (non-hydrogen) atoms. The van der Waals surface area contributed by atoms with Crippen molar-refractivity contribution >= 4 is 38.6 Å². The maximum absolute atomic E-state index is 2.53. The summed E-state index contributed by atoms with van der Waals surface area (Å²) >= 11 is 0. The van der Waals surface area contributed by atoms with Gasteiger partial charge in [0.15, 0.2) is 0 Å². The Kier molecular flexibility index (Phi) is 6.23. The largest absolute Gasteiger partial charge is 0.310 e. The molecular weight excluding hydrogens is 627 g/mol. The van der Waals surface area contributed by atoms with Gasteiger partial charge in [0.25, 0.3) is 0 Å². The maximum atomic E-state index is 2.53. The van der Waals surface area contributed by atoms with Crippen molar-refractivity contribution in [2.24, 2.45) is 0 Å². The van der Waals surface area contributed by atoms with E-state index >= 15 is 0 Å². The van der Waals surface area contributed by atoms with Crippen LogP contribution in [0.25, 0.3) is 54.9 Å². The van der Waals surface area contributed by atoms with Crippen LogP contribution in [0.4, 0.5) is 17.1 Å². The van der Waals surface area contributed by atoms with Crippen molar-refractivity contribution in [1.82, 2.24) is 0 Å². The van der Waals surface area contributed by atoms with Crippen molar-refractivity contribution in [3.8, 4) is 33.4 Å². The molecule has 0 amide bonds. The van der Waals surface area contributed by atoms with Crippen molar-refractivity contribution < 1.29 is 0 Å². The Hall–Kier alpha value is -6.70. The predicted octanol–water partition coefficient (Wildman–Crippen LogP) is 13.5. The lowest BCUT2D eigenvalue weighted by atomic mass is 9.70.